The van der Waals surface area contributed by atoms with Gasteiger partial charge in [0.1, 0.15) is 23.0 Å². The highest BCUT2D eigenvalue weighted by Gasteiger charge is 2.28. The van der Waals surface area contributed by atoms with E-state index in [4.69, 9.17) is 13.9 Å². The number of amides is 1. The summed E-state index contributed by atoms with van der Waals surface area (Å²) in [6.45, 7) is 10.9. The second-order valence-corrected chi connectivity index (χ2v) is 8.64. The number of hydrogen-bond donors (Lipinski definition) is 1. The van der Waals surface area contributed by atoms with Crippen molar-refractivity contribution in [3.05, 3.63) is 40.2 Å². The molecule has 30 heavy (non-hydrogen) atoms. The number of ether oxygens (including phenoxy) is 2. The van der Waals surface area contributed by atoms with Crippen LogP contribution in [0.2, 0.25) is 0 Å². The third-order valence-electron chi connectivity index (χ3n) is 4.41. The molecule has 1 aromatic heterocycles. The molecule has 1 N–H and O–H groups in total. The maximum Gasteiger partial charge on any atom is 0.408 e. The molecule has 0 saturated carbocycles. The molecule has 0 aliphatic heterocycles. The standard InChI is InChI=1S/C23H31NO6/c1-7-8-9-15-12-19(25)29-18-13-16(10-11-17(15)18)28-21(26)20(14(2)3)24-22(27)30-23(4,5)6/h10-14,20H,7-9H2,1-6H3,(H,24,27). The molecule has 0 aliphatic carbocycles. The van der Waals surface area contributed by atoms with Gasteiger partial charge in [-0.05, 0) is 57.2 Å². The van der Waals surface area contributed by atoms with Crippen LogP contribution in [-0.2, 0) is 16.0 Å². The summed E-state index contributed by atoms with van der Waals surface area (Å²) in [7, 11) is 0. The first-order chi connectivity index (χ1) is 14.0. The van der Waals surface area contributed by atoms with Crippen molar-refractivity contribution in [2.45, 2.75) is 72.4 Å². The van der Waals surface area contributed by atoms with Gasteiger partial charge in [-0.1, -0.05) is 27.2 Å². The molecule has 1 aromatic carbocycles. The van der Waals surface area contributed by atoms with Gasteiger partial charge in [-0.25, -0.2) is 14.4 Å². The summed E-state index contributed by atoms with van der Waals surface area (Å²) in [5, 5.41) is 3.38. The Hall–Kier alpha value is -2.83. The number of carbonyl (C=O) groups excluding carboxylic acids is 2. The van der Waals surface area contributed by atoms with Gasteiger partial charge < -0.3 is 19.2 Å². The van der Waals surface area contributed by atoms with E-state index in [0.717, 1.165) is 30.2 Å². The average molecular weight is 418 g/mol. The molecule has 7 nitrogen and oxygen atoms in total. The van der Waals surface area contributed by atoms with Crippen molar-refractivity contribution < 1.29 is 23.5 Å². The van der Waals surface area contributed by atoms with Gasteiger partial charge in [0.15, 0.2) is 0 Å². The summed E-state index contributed by atoms with van der Waals surface area (Å²) in [6.07, 6.45) is 2.05. The van der Waals surface area contributed by atoms with Crippen molar-refractivity contribution in [1.82, 2.24) is 5.32 Å². The quantitative estimate of drug-likeness (QED) is 0.402. The highest BCUT2D eigenvalue weighted by atomic mass is 16.6. The van der Waals surface area contributed by atoms with Gasteiger partial charge in [0, 0.05) is 17.5 Å². The van der Waals surface area contributed by atoms with Crippen molar-refractivity contribution in [2.24, 2.45) is 5.92 Å². The molecule has 0 aliphatic rings. The third-order valence-corrected chi connectivity index (χ3v) is 4.41. The minimum atomic E-state index is -0.890. The van der Waals surface area contributed by atoms with Crippen LogP contribution in [0.25, 0.3) is 11.0 Å². The molecule has 1 unspecified atom stereocenters. The predicted octanol–water partition coefficient (Wildman–Crippen LogP) is 4.59. The normalized spacial score (nSPS) is 12.6. The number of carbonyl (C=O) groups is 2. The van der Waals surface area contributed by atoms with Gasteiger partial charge in [0.05, 0.1) is 0 Å². The molecule has 0 spiro atoms. The van der Waals surface area contributed by atoms with Crippen LogP contribution in [0.15, 0.2) is 33.5 Å². The summed E-state index contributed by atoms with van der Waals surface area (Å²) in [5.41, 5.74) is 0.150. The fourth-order valence-corrected chi connectivity index (χ4v) is 2.96. The molecular formula is C23H31NO6. The van der Waals surface area contributed by atoms with E-state index in [1.165, 1.54) is 12.1 Å². The lowest BCUT2D eigenvalue weighted by Gasteiger charge is -2.24. The number of alkyl carbamates (subject to hydrolysis) is 1. The largest absolute Gasteiger partial charge is 0.444 e. The van der Waals surface area contributed by atoms with Gasteiger partial charge >= 0.3 is 17.7 Å². The van der Waals surface area contributed by atoms with Crippen molar-refractivity contribution in [1.29, 1.82) is 0 Å². The molecule has 2 aromatic rings. The van der Waals surface area contributed by atoms with Crippen LogP contribution in [0.3, 0.4) is 0 Å². The van der Waals surface area contributed by atoms with Crippen LogP contribution in [0.1, 0.15) is 59.9 Å². The second kappa shape index (κ2) is 9.78. The number of hydrogen-bond acceptors (Lipinski definition) is 6. The maximum absolute atomic E-state index is 12.7. The predicted molar refractivity (Wildman–Crippen MR) is 115 cm³/mol. The SMILES string of the molecule is CCCCc1cc(=O)oc2cc(OC(=O)C(NC(=O)OC(C)(C)C)C(C)C)ccc12. The van der Waals surface area contributed by atoms with Crippen LogP contribution >= 0.6 is 0 Å². The Morgan fingerprint density at radius 2 is 1.87 bits per heavy atom. The van der Waals surface area contributed by atoms with Gasteiger partial charge in [-0.2, -0.15) is 0 Å². The zero-order chi connectivity index (χ0) is 22.5. The van der Waals surface area contributed by atoms with Crippen molar-refractivity contribution in [3.63, 3.8) is 0 Å². The third kappa shape index (κ3) is 6.61. The Kier molecular flexibility index (Phi) is 7.65. The number of nitrogens with one attached hydrogen (secondary N) is 1. The van der Waals surface area contributed by atoms with Crippen molar-refractivity contribution in [2.75, 3.05) is 0 Å². The Labute approximate surface area is 176 Å². The van der Waals surface area contributed by atoms with E-state index in [1.54, 1.807) is 46.8 Å². The zero-order valence-electron chi connectivity index (χ0n) is 18.5. The second-order valence-electron chi connectivity index (χ2n) is 8.64. The topological polar surface area (TPSA) is 94.8 Å². The molecule has 164 valence electrons. The van der Waals surface area contributed by atoms with Gasteiger partial charge in [-0.3, -0.25) is 0 Å². The van der Waals surface area contributed by atoms with Crippen LogP contribution in [-0.4, -0.2) is 23.7 Å². The van der Waals surface area contributed by atoms with E-state index >= 15 is 0 Å². The Bertz CT molecular complexity index is 954. The summed E-state index contributed by atoms with van der Waals surface area (Å²) in [4.78, 5) is 36.7. The summed E-state index contributed by atoms with van der Waals surface area (Å²) in [5.74, 6) is -0.608. The maximum atomic E-state index is 12.7. The molecule has 0 fully saturated rings. The van der Waals surface area contributed by atoms with Crippen LogP contribution in [0.4, 0.5) is 4.79 Å². The Morgan fingerprint density at radius 1 is 1.17 bits per heavy atom. The first-order valence-electron chi connectivity index (χ1n) is 10.3. The smallest absolute Gasteiger partial charge is 0.408 e. The lowest BCUT2D eigenvalue weighted by Crippen LogP contribution is -2.48. The van der Waals surface area contributed by atoms with E-state index in [-0.39, 0.29) is 11.7 Å². The minimum Gasteiger partial charge on any atom is -0.444 e. The summed E-state index contributed by atoms with van der Waals surface area (Å²) >= 11 is 0. The van der Waals surface area contributed by atoms with E-state index in [1.807, 2.05) is 0 Å². The summed E-state index contributed by atoms with van der Waals surface area (Å²) < 4.78 is 16.0. The Morgan fingerprint density at radius 3 is 2.47 bits per heavy atom. The zero-order valence-corrected chi connectivity index (χ0v) is 18.5. The fraction of sp³-hybridized carbons (Fsp3) is 0.522. The van der Waals surface area contributed by atoms with Crippen LogP contribution < -0.4 is 15.7 Å². The van der Waals surface area contributed by atoms with Crippen LogP contribution in [0.5, 0.6) is 5.75 Å². The number of fused-ring (bicyclic) bond motifs is 1. The number of unbranched alkanes of at least 4 members (excludes halogenated alkanes) is 1. The molecular weight excluding hydrogens is 386 g/mol. The highest BCUT2D eigenvalue weighted by molar-refractivity contribution is 5.85. The molecule has 0 bridgehead atoms. The van der Waals surface area contributed by atoms with E-state index < -0.39 is 29.3 Å². The Balaban J connectivity index is 2.21. The molecule has 1 amide bonds. The van der Waals surface area contributed by atoms with Crippen LogP contribution in [0, 0.1) is 5.92 Å². The summed E-state index contributed by atoms with van der Waals surface area (Å²) in [6, 6.07) is 5.56. The fourth-order valence-electron chi connectivity index (χ4n) is 2.96. The average Bonchev–Trinajstić information content (AvgIpc) is 2.61. The van der Waals surface area contributed by atoms with Gasteiger partial charge in [-0.15, -0.1) is 0 Å². The van der Waals surface area contributed by atoms with E-state index in [2.05, 4.69) is 12.2 Å². The van der Waals surface area contributed by atoms with Crippen molar-refractivity contribution in [3.8, 4) is 5.75 Å². The number of aryl methyl sites for hydroxylation is 1. The lowest BCUT2D eigenvalue weighted by atomic mass is 10.0. The lowest BCUT2D eigenvalue weighted by molar-refractivity contribution is -0.137. The molecule has 2 rings (SSSR count). The number of rotatable bonds is 7. The number of esters is 1. The van der Waals surface area contributed by atoms with Gasteiger partial charge in [0.2, 0.25) is 0 Å². The molecule has 0 radical (unpaired) electrons. The molecule has 1 heterocycles. The van der Waals surface area contributed by atoms with Gasteiger partial charge in [0.25, 0.3) is 0 Å². The van der Waals surface area contributed by atoms with E-state index in [9.17, 15) is 14.4 Å². The molecule has 0 saturated heterocycles. The minimum absolute atomic E-state index is 0.218. The molecule has 7 heteroatoms. The van der Waals surface area contributed by atoms with E-state index in [0.29, 0.717) is 5.58 Å². The van der Waals surface area contributed by atoms with Crippen molar-refractivity contribution >= 4 is 23.0 Å². The highest BCUT2D eigenvalue weighted by Crippen LogP contribution is 2.24. The first-order valence-corrected chi connectivity index (χ1v) is 10.3. The molecule has 1 atom stereocenters. The monoisotopic (exact) mass is 417 g/mol. The first kappa shape index (κ1) is 23.4. The number of benzene rings is 1.